The minimum atomic E-state index is -3.70. The molecule has 1 aromatic carbocycles. The molecule has 0 radical (unpaired) electrons. The lowest BCUT2D eigenvalue weighted by molar-refractivity contribution is -0.129. The predicted molar refractivity (Wildman–Crippen MR) is 84.3 cm³/mol. The number of amides is 2. The van der Waals surface area contributed by atoms with Crippen molar-refractivity contribution < 1.29 is 27.5 Å². The highest BCUT2D eigenvalue weighted by Crippen LogP contribution is 2.18. The SMILES string of the molecule is CC(=O)NNC(=O)COC(=O)c1cc(S(=O)(=O)N(C)C)ccc1C. The molecule has 0 spiro atoms. The van der Waals surface area contributed by atoms with Crippen LogP contribution in [0.25, 0.3) is 0 Å². The Kier molecular flexibility index (Phi) is 6.43. The van der Waals surface area contributed by atoms with E-state index >= 15 is 0 Å². The van der Waals surface area contributed by atoms with Gasteiger partial charge >= 0.3 is 5.97 Å². The highest BCUT2D eigenvalue weighted by molar-refractivity contribution is 7.89. The summed E-state index contributed by atoms with van der Waals surface area (Å²) in [6.07, 6.45) is 0. The van der Waals surface area contributed by atoms with Crippen LogP contribution in [0.15, 0.2) is 23.1 Å². The summed E-state index contributed by atoms with van der Waals surface area (Å²) < 4.78 is 30.0. The molecule has 2 N–H and O–H groups in total. The second-order valence-corrected chi connectivity index (χ2v) is 7.22. The Bertz CT molecular complexity index is 758. The van der Waals surface area contributed by atoms with Crippen molar-refractivity contribution in [3.63, 3.8) is 0 Å². The van der Waals surface area contributed by atoms with Gasteiger partial charge in [0.2, 0.25) is 15.9 Å². The molecule has 0 atom stereocenters. The highest BCUT2D eigenvalue weighted by Gasteiger charge is 2.21. The van der Waals surface area contributed by atoms with E-state index in [1.165, 1.54) is 39.2 Å². The summed E-state index contributed by atoms with van der Waals surface area (Å²) in [5, 5.41) is 0. The second kappa shape index (κ2) is 7.88. The third-order valence-electron chi connectivity index (χ3n) is 2.92. The minimum absolute atomic E-state index is 0.0326. The molecule has 0 aliphatic heterocycles. The van der Waals surface area contributed by atoms with E-state index in [1.54, 1.807) is 6.92 Å². The van der Waals surface area contributed by atoms with Crippen LogP contribution in [0.2, 0.25) is 0 Å². The fourth-order valence-corrected chi connectivity index (χ4v) is 2.52. The molecule has 0 aliphatic rings. The van der Waals surface area contributed by atoms with E-state index in [0.717, 1.165) is 4.31 Å². The first kappa shape index (κ1) is 19.6. The lowest BCUT2D eigenvalue weighted by Crippen LogP contribution is -2.42. The van der Waals surface area contributed by atoms with E-state index in [2.05, 4.69) is 0 Å². The van der Waals surface area contributed by atoms with E-state index in [-0.39, 0.29) is 10.5 Å². The van der Waals surface area contributed by atoms with E-state index in [0.29, 0.717) is 5.56 Å². The maximum Gasteiger partial charge on any atom is 0.338 e. The smallest absolute Gasteiger partial charge is 0.338 e. The van der Waals surface area contributed by atoms with Gasteiger partial charge in [-0.1, -0.05) is 6.07 Å². The first-order valence-corrected chi connectivity index (χ1v) is 8.25. The van der Waals surface area contributed by atoms with Crippen molar-refractivity contribution in [2.75, 3.05) is 20.7 Å². The van der Waals surface area contributed by atoms with Gasteiger partial charge in [0.05, 0.1) is 10.5 Å². The molecule has 0 saturated carbocycles. The summed E-state index contributed by atoms with van der Waals surface area (Å²) in [6.45, 7) is 2.19. The summed E-state index contributed by atoms with van der Waals surface area (Å²) in [5.41, 5.74) is 4.62. The number of benzene rings is 1. The van der Waals surface area contributed by atoms with Crippen LogP contribution in [0.3, 0.4) is 0 Å². The van der Waals surface area contributed by atoms with Gasteiger partial charge in [-0.25, -0.2) is 17.5 Å². The number of ether oxygens (including phenoxy) is 1. The van der Waals surface area contributed by atoms with Crippen LogP contribution in [-0.4, -0.2) is 51.2 Å². The molecule has 10 heteroatoms. The highest BCUT2D eigenvalue weighted by atomic mass is 32.2. The van der Waals surface area contributed by atoms with Crippen LogP contribution in [0.5, 0.6) is 0 Å². The molecule has 0 heterocycles. The molecule has 1 aromatic rings. The molecule has 2 amide bonds. The van der Waals surface area contributed by atoms with Gasteiger partial charge in [-0.3, -0.25) is 20.4 Å². The molecule has 0 unspecified atom stereocenters. The molecule has 0 aromatic heterocycles. The van der Waals surface area contributed by atoms with E-state index in [4.69, 9.17) is 4.74 Å². The van der Waals surface area contributed by atoms with Gasteiger partial charge in [-0.15, -0.1) is 0 Å². The fourth-order valence-electron chi connectivity index (χ4n) is 1.59. The van der Waals surface area contributed by atoms with Crippen molar-refractivity contribution in [3.8, 4) is 0 Å². The van der Waals surface area contributed by atoms with Crippen LogP contribution in [0, 0.1) is 6.92 Å². The molecule has 132 valence electrons. The van der Waals surface area contributed by atoms with Crippen LogP contribution < -0.4 is 10.9 Å². The third-order valence-corrected chi connectivity index (χ3v) is 4.73. The molecule has 0 aliphatic carbocycles. The summed E-state index contributed by atoms with van der Waals surface area (Å²) in [7, 11) is -0.951. The zero-order valence-corrected chi connectivity index (χ0v) is 14.6. The number of hydrogen-bond acceptors (Lipinski definition) is 6. The van der Waals surface area contributed by atoms with Crippen LogP contribution in [0.4, 0.5) is 0 Å². The molecule has 0 fully saturated rings. The van der Waals surface area contributed by atoms with Crippen molar-refractivity contribution in [1.82, 2.24) is 15.2 Å². The molecule has 24 heavy (non-hydrogen) atoms. The van der Waals surface area contributed by atoms with Crippen LogP contribution in [0.1, 0.15) is 22.8 Å². The van der Waals surface area contributed by atoms with Crippen LogP contribution in [-0.2, 0) is 24.3 Å². The van der Waals surface area contributed by atoms with Gasteiger partial charge in [0, 0.05) is 21.0 Å². The lowest BCUT2D eigenvalue weighted by atomic mass is 10.1. The summed E-state index contributed by atoms with van der Waals surface area (Å²) in [4.78, 5) is 34.0. The molecule has 9 nitrogen and oxygen atoms in total. The zero-order chi connectivity index (χ0) is 18.5. The zero-order valence-electron chi connectivity index (χ0n) is 13.7. The quantitative estimate of drug-likeness (QED) is 0.545. The van der Waals surface area contributed by atoms with Crippen molar-refractivity contribution in [1.29, 1.82) is 0 Å². The standard InChI is InChI=1S/C14H19N3O6S/c1-9-5-6-11(24(21,22)17(3)4)7-12(9)14(20)23-8-13(19)16-15-10(2)18/h5-7H,8H2,1-4H3,(H,15,18)(H,16,19). The topological polar surface area (TPSA) is 122 Å². The number of nitrogens with one attached hydrogen (secondary N) is 2. The average Bonchev–Trinajstić information content (AvgIpc) is 2.50. The summed E-state index contributed by atoms with van der Waals surface area (Å²) in [6, 6.07) is 4.05. The predicted octanol–water partition coefficient (Wildman–Crippen LogP) is -0.431. The van der Waals surface area contributed by atoms with Crippen molar-refractivity contribution >= 4 is 27.8 Å². The average molecular weight is 357 g/mol. The molecular weight excluding hydrogens is 338 g/mol. The number of hydrogen-bond donors (Lipinski definition) is 2. The van der Waals surface area contributed by atoms with Gasteiger partial charge in [-0.2, -0.15) is 0 Å². The largest absolute Gasteiger partial charge is 0.452 e. The van der Waals surface area contributed by atoms with Gasteiger partial charge < -0.3 is 4.74 Å². The number of hydrazine groups is 1. The monoisotopic (exact) mass is 357 g/mol. The number of rotatable bonds is 5. The number of esters is 1. The maximum atomic E-state index is 12.1. The van der Waals surface area contributed by atoms with Gasteiger partial charge in [-0.05, 0) is 24.6 Å². The first-order valence-electron chi connectivity index (χ1n) is 6.81. The summed E-state index contributed by atoms with van der Waals surface area (Å²) in [5.74, 6) is -2.05. The van der Waals surface area contributed by atoms with E-state index in [9.17, 15) is 22.8 Å². The van der Waals surface area contributed by atoms with Crippen molar-refractivity contribution in [3.05, 3.63) is 29.3 Å². The van der Waals surface area contributed by atoms with E-state index in [1.807, 2.05) is 10.9 Å². The number of carbonyl (C=O) groups excluding carboxylic acids is 3. The Morgan fingerprint density at radius 2 is 1.79 bits per heavy atom. The lowest BCUT2D eigenvalue weighted by Gasteiger charge is -2.13. The van der Waals surface area contributed by atoms with Crippen molar-refractivity contribution in [2.45, 2.75) is 18.7 Å². The number of carbonyl (C=O) groups is 3. The first-order chi connectivity index (χ1) is 11.1. The van der Waals surface area contributed by atoms with Gasteiger partial charge in [0.1, 0.15) is 0 Å². The summed E-state index contributed by atoms with van der Waals surface area (Å²) >= 11 is 0. The van der Waals surface area contributed by atoms with Crippen molar-refractivity contribution in [2.24, 2.45) is 0 Å². The number of aryl methyl sites for hydroxylation is 1. The van der Waals surface area contributed by atoms with Gasteiger partial charge in [0.25, 0.3) is 5.91 Å². The second-order valence-electron chi connectivity index (χ2n) is 5.07. The molecular formula is C14H19N3O6S. The third kappa shape index (κ3) is 5.03. The molecule has 1 rings (SSSR count). The molecule has 0 bridgehead atoms. The normalized spacial score (nSPS) is 11.0. The number of nitrogens with zero attached hydrogens (tertiary/aromatic N) is 1. The number of sulfonamides is 1. The fraction of sp³-hybridized carbons (Fsp3) is 0.357. The Labute approximate surface area is 140 Å². The minimum Gasteiger partial charge on any atom is -0.452 e. The van der Waals surface area contributed by atoms with Gasteiger partial charge in [0.15, 0.2) is 6.61 Å². The maximum absolute atomic E-state index is 12.1. The Morgan fingerprint density at radius 1 is 1.17 bits per heavy atom. The molecule has 0 saturated heterocycles. The Hall–Kier alpha value is -2.46. The van der Waals surface area contributed by atoms with E-state index < -0.39 is 34.4 Å². The Morgan fingerprint density at radius 3 is 2.33 bits per heavy atom. The Balaban J connectivity index is 2.88. The van der Waals surface area contributed by atoms with Crippen LogP contribution >= 0.6 is 0 Å².